The van der Waals surface area contributed by atoms with Crippen LogP contribution in [-0.4, -0.2) is 11.3 Å². The lowest BCUT2D eigenvalue weighted by molar-refractivity contribution is -0.274. The van der Waals surface area contributed by atoms with E-state index in [2.05, 4.69) is 9.72 Å². The number of ether oxygens (including phenoxy) is 1. The molecule has 1 aromatic heterocycles. The summed E-state index contributed by atoms with van der Waals surface area (Å²) in [6, 6.07) is 7.95. The van der Waals surface area contributed by atoms with E-state index in [1.165, 1.54) is 24.3 Å². The van der Waals surface area contributed by atoms with Gasteiger partial charge in [0.05, 0.1) is 11.9 Å². The van der Waals surface area contributed by atoms with Crippen LogP contribution in [-0.2, 0) is 0 Å². The van der Waals surface area contributed by atoms with Gasteiger partial charge in [-0.3, -0.25) is 4.98 Å². The van der Waals surface area contributed by atoms with Gasteiger partial charge in [-0.1, -0.05) is 12.1 Å². The molecule has 0 aliphatic rings. The van der Waals surface area contributed by atoms with E-state index < -0.39 is 12.2 Å². The highest BCUT2D eigenvalue weighted by Crippen LogP contribution is 2.32. The van der Waals surface area contributed by atoms with E-state index in [9.17, 15) is 17.6 Å². The van der Waals surface area contributed by atoms with Gasteiger partial charge in [0.15, 0.2) is 0 Å². The fraction of sp³-hybridized carbons (Fsp3) is 0.0833. The van der Waals surface area contributed by atoms with Gasteiger partial charge < -0.3 is 4.74 Å². The first-order valence-electron chi connectivity index (χ1n) is 4.92. The van der Waals surface area contributed by atoms with Crippen LogP contribution in [0.4, 0.5) is 17.6 Å². The summed E-state index contributed by atoms with van der Waals surface area (Å²) in [5, 5.41) is 0. The quantitative estimate of drug-likeness (QED) is 0.764. The second-order valence-corrected chi connectivity index (χ2v) is 3.41. The third kappa shape index (κ3) is 2.97. The summed E-state index contributed by atoms with van der Waals surface area (Å²) in [5.41, 5.74) is 0.353. The number of halogens is 4. The smallest absolute Gasteiger partial charge is 0.405 e. The summed E-state index contributed by atoms with van der Waals surface area (Å²) in [7, 11) is 0. The van der Waals surface area contributed by atoms with E-state index in [-0.39, 0.29) is 17.0 Å². The number of hydrogen-bond acceptors (Lipinski definition) is 2. The van der Waals surface area contributed by atoms with Crippen LogP contribution >= 0.6 is 0 Å². The van der Waals surface area contributed by atoms with Crippen LogP contribution in [0.25, 0.3) is 11.3 Å². The van der Waals surface area contributed by atoms with E-state index in [0.717, 1.165) is 12.3 Å². The molecule has 0 amide bonds. The van der Waals surface area contributed by atoms with Crippen molar-refractivity contribution in [2.24, 2.45) is 0 Å². The molecule has 1 aromatic carbocycles. The van der Waals surface area contributed by atoms with Gasteiger partial charge in [0.1, 0.15) is 11.6 Å². The highest BCUT2D eigenvalue weighted by atomic mass is 19.4. The molecule has 0 saturated heterocycles. The van der Waals surface area contributed by atoms with Gasteiger partial charge in [0.2, 0.25) is 0 Å². The Hall–Kier alpha value is -2.11. The lowest BCUT2D eigenvalue weighted by Gasteiger charge is -2.12. The van der Waals surface area contributed by atoms with Crippen molar-refractivity contribution in [1.82, 2.24) is 4.98 Å². The van der Waals surface area contributed by atoms with E-state index in [0.29, 0.717) is 0 Å². The van der Waals surface area contributed by atoms with Crippen molar-refractivity contribution in [1.29, 1.82) is 0 Å². The summed E-state index contributed by atoms with van der Waals surface area (Å²) in [6.45, 7) is 0. The topological polar surface area (TPSA) is 22.1 Å². The molecule has 0 bridgehead atoms. The zero-order chi connectivity index (χ0) is 13.2. The summed E-state index contributed by atoms with van der Waals surface area (Å²) in [6.07, 6.45) is -3.85. The van der Waals surface area contributed by atoms with Crippen LogP contribution in [0.15, 0.2) is 42.6 Å². The number of rotatable bonds is 2. The molecule has 0 aliphatic heterocycles. The van der Waals surface area contributed by atoms with Crippen molar-refractivity contribution >= 4 is 0 Å². The molecule has 2 aromatic rings. The maximum Gasteiger partial charge on any atom is 0.573 e. The molecule has 2 nitrogen and oxygen atoms in total. The van der Waals surface area contributed by atoms with Crippen LogP contribution in [0.3, 0.4) is 0 Å². The molecule has 0 atom stereocenters. The lowest BCUT2D eigenvalue weighted by Crippen LogP contribution is -2.17. The molecule has 0 radical (unpaired) electrons. The summed E-state index contributed by atoms with van der Waals surface area (Å²) >= 11 is 0. The Kier molecular flexibility index (Phi) is 3.18. The average Bonchev–Trinajstić information content (AvgIpc) is 2.29. The summed E-state index contributed by atoms with van der Waals surface area (Å²) in [4.78, 5) is 3.72. The van der Waals surface area contributed by atoms with Crippen LogP contribution in [0, 0.1) is 5.82 Å². The van der Waals surface area contributed by atoms with E-state index in [1.807, 2.05) is 0 Å². The predicted octanol–water partition coefficient (Wildman–Crippen LogP) is 3.79. The molecular formula is C12H7F4NO. The van der Waals surface area contributed by atoms with Crippen molar-refractivity contribution < 1.29 is 22.3 Å². The van der Waals surface area contributed by atoms with Crippen molar-refractivity contribution in [3.05, 3.63) is 48.4 Å². The average molecular weight is 257 g/mol. The largest absolute Gasteiger partial charge is 0.573 e. The number of pyridine rings is 1. The third-order valence-corrected chi connectivity index (χ3v) is 2.12. The molecule has 0 aliphatic carbocycles. The second-order valence-electron chi connectivity index (χ2n) is 3.41. The minimum absolute atomic E-state index is 0.148. The Bertz CT molecular complexity index is 537. The second kappa shape index (κ2) is 4.64. The first-order valence-corrected chi connectivity index (χ1v) is 4.92. The molecule has 2 rings (SSSR count). The monoisotopic (exact) mass is 257 g/mol. The molecule has 0 unspecified atom stereocenters. The highest BCUT2D eigenvalue weighted by molar-refractivity contribution is 5.66. The molecular weight excluding hydrogens is 250 g/mol. The molecule has 94 valence electrons. The number of hydrogen-bond donors (Lipinski definition) is 0. The normalized spacial score (nSPS) is 11.3. The Morgan fingerprint density at radius 3 is 2.33 bits per heavy atom. The molecule has 18 heavy (non-hydrogen) atoms. The van der Waals surface area contributed by atoms with Crippen molar-refractivity contribution in [2.75, 3.05) is 0 Å². The number of nitrogens with zero attached hydrogens (tertiary/aromatic N) is 1. The van der Waals surface area contributed by atoms with Gasteiger partial charge in [-0.05, 0) is 24.3 Å². The van der Waals surface area contributed by atoms with E-state index >= 15 is 0 Å². The third-order valence-electron chi connectivity index (χ3n) is 2.12. The van der Waals surface area contributed by atoms with Gasteiger partial charge in [0, 0.05) is 5.56 Å². The Morgan fingerprint density at radius 2 is 1.72 bits per heavy atom. The van der Waals surface area contributed by atoms with Crippen molar-refractivity contribution in [3.8, 4) is 17.0 Å². The number of aromatic nitrogens is 1. The Labute approximate surface area is 99.8 Å². The Balaban J connectivity index is 2.41. The molecule has 0 spiro atoms. The zero-order valence-electron chi connectivity index (χ0n) is 8.91. The van der Waals surface area contributed by atoms with E-state index in [4.69, 9.17) is 0 Å². The molecule has 1 heterocycles. The Morgan fingerprint density at radius 1 is 1.00 bits per heavy atom. The first-order chi connectivity index (χ1) is 8.46. The minimum Gasteiger partial charge on any atom is -0.405 e. The molecule has 6 heteroatoms. The van der Waals surface area contributed by atoms with Crippen molar-refractivity contribution in [2.45, 2.75) is 6.36 Å². The lowest BCUT2D eigenvalue weighted by atomic mass is 10.1. The fourth-order valence-electron chi connectivity index (χ4n) is 1.43. The number of para-hydroxylation sites is 1. The van der Waals surface area contributed by atoms with Crippen LogP contribution in [0.5, 0.6) is 5.75 Å². The van der Waals surface area contributed by atoms with Gasteiger partial charge >= 0.3 is 6.36 Å². The van der Waals surface area contributed by atoms with Gasteiger partial charge in [-0.2, -0.15) is 0 Å². The summed E-state index contributed by atoms with van der Waals surface area (Å²) < 4.78 is 53.2. The first kappa shape index (κ1) is 12.3. The molecule has 0 saturated carbocycles. The van der Waals surface area contributed by atoms with Gasteiger partial charge in [0.25, 0.3) is 0 Å². The zero-order valence-corrected chi connectivity index (χ0v) is 8.91. The SMILES string of the molecule is Fc1ccc(-c2ccccc2OC(F)(F)F)nc1. The molecule has 0 N–H and O–H groups in total. The van der Waals surface area contributed by atoms with Gasteiger partial charge in [-0.25, -0.2) is 4.39 Å². The van der Waals surface area contributed by atoms with Crippen LogP contribution in [0.2, 0.25) is 0 Å². The highest BCUT2D eigenvalue weighted by Gasteiger charge is 2.32. The maximum atomic E-state index is 12.7. The predicted molar refractivity (Wildman–Crippen MR) is 56.3 cm³/mol. The fourth-order valence-corrected chi connectivity index (χ4v) is 1.43. The van der Waals surface area contributed by atoms with Crippen molar-refractivity contribution in [3.63, 3.8) is 0 Å². The van der Waals surface area contributed by atoms with Gasteiger partial charge in [-0.15, -0.1) is 13.2 Å². The van der Waals surface area contributed by atoms with Crippen LogP contribution < -0.4 is 4.74 Å². The number of alkyl halides is 3. The minimum atomic E-state index is -4.78. The molecule has 0 fully saturated rings. The standard InChI is InChI=1S/C12H7F4NO/c13-8-5-6-10(17-7-8)9-3-1-2-4-11(9)18-12(14,15)16/h1-7H. The number of benzene rings is 1. The maximum absolute atomic E-state index is 12.7. The summed E-state index contributed by atoms with van der Waals surface area (Å²) in [5.74, 6) is -0.933. The van der Waals surface area contributed by atoms with E-state index in [1.54, 1.807) is 6.07 Å². The van der Waals surface area contributed by atoms with Crippen LogP contribution in [0.1, 0.15) is 0 Å².